The molecule has 0 spiro atoms. The molecule has 0 aliphatic carbocycles. The number of methoxy groups -OCH3 is 2. The summed E-state index contributed by atoms with van der Waals surface area (Å²) in [6.45, 7) is -6.24. The first-order chi connectivity index (χ1) is 17.9. The molecule has 0 aromatic rings. The molecule has 0 heterocycles. The molecule has 0 bridgehead atoms. The average Bonchev–Trinajstić information content (AvgIpc) is 2.81. The van der Waals surface area contributed by atoms with E-state index in [0.717, 1.165) is 14.2 Å². The van der Waals surface area contributed by atoms with E-state index in [9.17, 15) is 19.2 Å². The summed E-state index contributed by atoms with van der Waals surface area (Å²) in [5.74, 6) is -4.05. The van der Waals surface area contributed by atoms with Crippen LogP contribution in [0.4, 0.5) is 0 Å². The van der Waals surface area contributed by atoms with Crippen molar-refractivity contribution in [3.8, 4) is 12.3 Å². The minimum absolute atomic E-state index is 0.432. The Balaban J connectivity index is 0. The first kappa shape index (κ1) is 12.1. The van der Waals surface area contributed by atoms with E-state index in [4.69, 9.17) is 33.1 Å². The number of ether oxygens (including phenoxy) is 2. The van der Waals surface area contributed by atoms with E-state index in [2.05, 4.69) is 15.4 Å². The highest BCUT2D eigenvalue weighted by Crippen LogP contribution is 2.31. The van der Waals surface area contributed by atoms with Crippen LogP contribution >= 0.6 is 0 Å². The Bertz CT molecular complexity index is 892. The summed E-state index contributed by atoms with van der Waals surface area (Å²) >= 11 is 0. The van der Waals surface area contributed by atoms with E-state index in [0.29, 0.717) is 0 Å². The highest BCUT2D eigenvalue weighted by atomic mass is 16.5. The normalized spacial score (nSPS) is 18.9. The Hall–Kier alpha value is -2.56. The quantitative estimate of drug-likeness (QED) is 0.301. The molecule has 0 aromatic carbocycles. The average molecular weight is 413 g/mol. The van der Waals surface area contributed by atoms with Gasteiger partial charge in [-0.1, -0.05) is 39.7 Å². The third kappa shape index (κ3) is 6.87. The molecular weight excluding hydrogens is 368 g/mol. The lowest BCUT2D eigenvalue weighted by Gasteiger charge is -2.25. The third-order valence-corrected chi connectivity index (χ3v) is 3.59. The molecule has 0 amide bonds. The molecule has 0 aliphatic heterocycles. The molecule has 2 N–H and O–H groups in total. The fourth-order valence-corrected chi connectivity index (χ4v) is 1.98. The summed E-state index contributed by atoms with van der Waals surface area (Å²) in [4.78, 5) is 46.2. The fraction of sp³-hybridized carbons (Fsp3) is 0.700. The molecule has 0 aliphatic rings. The summed E-state index contributed by atoms with van der Waals surface area (Å²) in [6.07, 6.45) is -6.73. The Kier molecular flexibility index (Phi) is 5.87. The van der Waals surface area contributed by atoms with Crippen LogP contribution in [0.1, 0.15) is 81.9 Å². The number of esters is 2. The zero-order chi connectivity index (χ0) is 32.5. The van der Waals surface area contributed by atoms with Crippen molar-refractivity contribution in [3.05, 3.63) is 0 Å². The molecule has 0 radical (unpaired) electrons. The van der Waals surface area contributed by atoms with Crippen molar-refractivity contribution in [2.75, 3.05) is 14.2 Å². The lowest BCUT2D eigenvalue weighted by molar-refractivity contribution is -0.170. The van der Waals surface area contributed by atoms with E-state index in [-0.39, 0.29) is 0 Å². The van der Waals surface area contributed by atoms with Crippen LogP contribution in [-0.4, -0.2) is 48.3 Å². The van der Waals surface area contributed by atoms with Crippen LogP contribution < -0.4 is 0 Å². The molecular formula is C20H32O8. The predicted octanol–water partition coefficient (Wildman–Crippen LogP) is 2.88. The molecule has 0 aromatic heterocycles. The SMILES string of the molecule is [2H]C([2H])C([2H])([2H])CC(CC#C)(C(=O)OC)C(=O)OC.[2H]C([2H])C([2H])([2H])CC(CC([2H])([2H])C([2H])[2H])(C(=O)O)C(=O)O. The van der Waals surface area contributed by atoms with E-state index in [1.165, 1.54) is 0 Å². The molecule has 0 unspecified atom stereocenters. The highest BCUT2D eigenvalue weighted by Gasteiger charge is 2.47. The number of carboxylic acids is 2. The zero-order valence-corrected chi connectivity index (χ0v) is 15.5. The molecule has 0 saturated carbocycles. The van der Waals surface area contributed by atoms with Crippen LogP contribution in [0, 0.1) is 23.2 Å². The summed E-state index contributed by atoms with van der Waals surface area (Å²) in [5.41, 5.74) is -5.00. The van der Waals surface area contributed by atoms with Gasteiger partial charge in [0.1, 0.15) is 0 Å². The van der Waals surface area contributed by atoms with E-state index >= 15 is 0 Å². The van der Waals surface area contributed by atoms with Gasteiger partial charge in [-0.3, -0.25) is 19.2 Å². The molecule has 160 valence electrons. The van der Waals surface area contributed by atoms with Gasteiger partial charge in [-0.2, -0.15) is 0 Å². The number of carboxylic acid groups (broad SMARTS) is 2. The van der Waals surface area contributed by atoms with E-state index in [1.807, 2.05) is 0 Å². The van der Waals surface area contributed by atoms with Crippen molar-refractivity contribution < 1.29 is 55.3 Å². The van der Waals surface area contributed by atoms with Crippen molar-refractivity contribution >= 4 is 23.9 Å². The first-order valence-corrected chi connectivity index (χ1v) is 7.47. The van der Waals surface area contributed by atoms with Crippen LogP contribution in [0.3, 0.4) is 0 Å². The predicted molar refractivity (Wildman–Crippen MR) is 102 cm³/mol. The molecule has 0 atom stereocenters. The second-order valence-corrected chi connectivity index (χ2v) is 5.28. The van der Waals surface area contributed by atoms with Crippen molar-refractivity contribution in [2.45, 2.75) is 65.4 Å². The van der Waals surface area contributed by atoms with Crippen LogP contribution in [0.5, 0.6) is 0 Å². The first-order valence-electron chi connectivity index (χ1n) is 13.9. The third-order valence-electron chi connectivity index (χ3n) is 3.59. The Morgan fingerprint density at radius 2 is 1.25 bits per heavy atom. The number of rotatable bonds is 11. The lowest BCUT2D eigenvalue weighted by Crippen LogP contribution is -2.41. The van der Waals surface area contributed by atoms with Crippen molar-refractivity contribution in [1.82, 2.24) is 0 Å². The van der Waals surface area contributed by atoms with Gasteiger partial charge in [0.05, 0.1) is 14.2 Å². The number of hydrogen-bond acceptors (Lipinski definition) is 6. The number of carbonyl (C=O) groups excluding carboxylic acids is 2. The zero-order valence-electron chi connectivity index (χ0n) is 27.5. The van der Waals surface area contributed by atoms with Crippen LogP contribution in [0.2, 0.25) is 0 Å². The van der Waals surface area contributed by atoms with Gasteiger partial charge in [-0.15, -0.1) is 12.3 Å². The van der Waals surface area contributed by atoms with Crippen LogP contribution in [0.25, 0.3) is 0 Å². The van der Waals surface area contributed by atoms with Gasteiger partial charge < -0.3 is 19.7 Å². The van der Waals surface area contributed by atoms with Gasteiger partial charge in [-0.05, 0) is 19.3 Å². The van der Waals surface area contributed by atoms with Gasteiger partial charge in [0.2, 0.25) is 0 Å². The van der Waals surface area contributed by atoms with Crippen LogP contribution in [0.15, 0.2) is 0 Å². The highest BCUT2D eigenvalue weighted by molar-refractivity contribution is 6.00. The number of hydrogen-bond donors (Lipinski definition) is 2. The standard InChI is InChI=1S/C11H16O4.C9H16O4/c1-5-7-11(8-6-2,9(12)14-3)10(13)15-4;1-3-5-9(6-4-2,7(10)11)8(12)13/h1H,6-8H2,2-4H3;3-6H2,1-2H3,(H,10,11)(H,12,13)/i2D2,6D2;1D2,2D2,3D2,4D2. The molecule has 8 nitrogen and oxygen atoms in total. The van der Waals surface area contributed by atoms with Crippen molar-refractivity contribution in [2.24, 2.45) is 10.8 Å². The summed E-state index contributed by atoms with van der Waals surface area (Å²) in [6, 6.07) is 0. The lowest BCUT2D eigenvalue weighted by atomic mass is 9.79. The Labute approximate surface area is 183 Å². The molecule has 0 saturated heterocycles. The summed E-state index contributed by atoms with van der Waals surface area (Å²) < 4.78 is 95.9. The van der Waals surface area contributed by atoms with Gasteiger partial charge in [0.15, 0.2) is 10.8 Å². The maximum absolute atomic E-state index is 11.8. The van der Waals surface area contributed by atoms with Crippen molar-refractivity contribution in [1.29, 1.82) is 0 Å². The number of carbonyl (C=O) groups is 4. The maximum Gasteiger partial charge on any atom is 0.324 e. The Morgan fingerprint density at radius 1 is 0.893 bits per heavy atom. The minimum Gasteiger partial charge on any atom is -0.480 e. The minimum atomic E-state index is -2.96. The smallest absolute Gasteiger partial charge is 0.324 e. The molecule has 0 fully saturated rings. The van der Waals surface area contributed by atoms with E-state index < -0.39 is 100 Å². The molecule has 28 heavy (non-hydrogen) atoms. The maximum atomic E-state index is 11.8. The van der Waals surface area contributed by atoms with Gasteiger partial charge in [-0.25, -0.2) is 0 Å². The topological polar surface area (TPSA) is 127 Å². The van der Waals surface area contributed by atoms with Crippen LogP contribution in [-0.2, 0) is 28.7 Å². The monoisotopic (exact) mass is 412 g/mol. The van der Waals surface area contributed by atoms with Gasteiger partial charge in [0.25, 0.3) is 0 Å². The molecule has 0 rings (SSSR count). The molecule has 8 heteroatoms. The van der Waals surface area contributed by atoms with Gasteiger partial charge in [0, 0.05) is 22.9 Å². The van der Waals surface area contributed by atoms with Crippen molar-refractivity contribution in [3.63, 3.8) is 0 Å². The number of terminal acetylenes is 1. The van der Waals surface area contributed by atoms with Gasteiger partial charge >= 0.3 is 23.9 Å². The second-order valence-electron chi connectivity index (χ2n) is 5.28. The summed E-state index contributed by atoms with van der Waals surface area (Å²) in [7, 11) is 2.07. The van der Waals surface area contributed by atoms with E-state index in [1.54, 1.807) is 0 Å². The fourth-order valence-electron chi connectivity index (χ4n) is 1.98. The second kappa shape index (κ2) is 13.6. The number of aliphatic carboxylic acids is 2. The Morgan fingerprint density at radius 3 is 1.50 bits per heavy atom. The largest absolute Gasteiger partial charge is 0.480 e. The summed E-state index contributed by atoms with van der Waals surface area (Å²) in [5, 5.41) is 18.3.